The number of methoxy groups -OCH3 is 2. The zero-order valence-corrected chi connectivity index (χ0v) is 9.60. The molecule has 0 atom stereocenters. The minimum atomic E-state index is -0.231. The molecule has 17 heavy (non-hydrogen) atoms. The van der Waals surface area contributed by atoms with Gasteiger partial charge in [-0.3, -0.25) is 4.79 Å². The summed E-state index contributed by atoms with van der Waals surface area (Å²) in [6.45, 7) is 0. The number of hydrogen-bond donors (Lipinski definition) is 0. The van der Waals surface area contributed by atoms with E-state index >= 15 is 0 Å². The summed E-state index contributed by atoms with van der Waals surface area (Å²) >= 11 is 0. The number of hydrogen-bond acceptors (Lipinski definition) is 4. The molecule has 1 aromatic heterocycles. The van der Waals surface area contributed by atoms with Crippen LogP contribution in [0.4, 0.5) is 0 Å². The molecule has 0 unspecified atom stereocenters. The molecule has 0 N–H and O–H groups in total. The van der Waals surface area contributed by atoms with Crippen molar-refractivity contribution in [3.63, 3.8) is 0 Å². The average molecular weight is 232 g/mol. The van der Waals surface area contributed by atoms with Crippen molar-refractivity contribution < 1.29 is 18.7 Å². The quantitative estimate of drug-likeness (QED) is 0.760. The Morgan fingerprint density at radius 3 is 2.53 bits per heavy atom. The fraction of sp³-hybridized carbons (Fsp3) is 0.154. The molecule has 4 nitrogen and oxygen atoms in total. The Morgan fingerprint density at radius 2 is 1.94 bits per heavy atom. The first-order valence-corrected chi connectivity index (χ1v) is 5.07. The van der Waals surface area contributed by atoms with Gasteiger partial charge in [-0.15, -0.1) is 0 Å². The summed E-state index contributed by atoms with van der Waals surface area (Å²) in [5.74, 6) is 0.976. The van der Waals surface area contributed by atoms with Crippen molar-refractivity contribution in [1.29, 1.82) is 0 Å². The predicted molar refractivity (Wildman–Crippen MR) is 61.7 cm³/mol. The van der Waals surface area contributed by atoms with Gasteiger partial charge >= 0.3 is 0 Å². The van der Waals surface area contributed by atoms with Gasteiger partial charge in [0.25, 0.3) is 0 Å². The van der Waals surface area contributed by atoms with Crippen LogP contribution >= 0.6 is 0 Å². The maximum Gasteiger partial charge on any atom is 0.232 e. The van der Waals surface area contributed by atoms with Crippen molar-refractivity contribution in [2.75, 3.05) is 14.2 Å². The molecule has 1 heterocycles. The highest BCUT2D eigenvalue weighted by Gasteiger charge is 2.19. The highest BCUT2D eigenvalue weighted by Crippen LogP contribution is 2.32. The Kier molecular flexibility index (Phi) is 3.14. The zero-order chi connectivity index (χ0) is 12.3. The Bertz CT molecular complexity index is 514. The molecule has 0 radical (unpaired) electrons. The summed E-state index contributed by atoms with van der Waals surface area (Å²) in [6.07, 6.45) is 1.46. The molecule has 0 spiro atoms. The van der Waals surface area contributed by atoms with Gasteiger partial charge in [0.1, 0.15) is 0 Å². The first kappa shape index (κ1) is 11.3. The number of para-hydroxylation sites is 1. The first-order chi connectivity index (χ1) is 8.27. The molecule has 4 heteroatoms. The fourth-order valence-electron chi connectivity index (χ4n) is 1.61. The minimum absolute atomic E-state index is 0.231. The molecule has 0 saturated carbocycles. The van der Waals surface area contributed by atoms with Gasteiger partial charge in [-0.05, 0) is 24.3 Å². The highest BCUT2D eigenvalue weighted by molar-refractivity contribution is 6.09. The Morgan fingerprint density at radius 1 is 1.12 bits per heavy atom. The van der Waals surface area contributed by atoms with E-state index in [0.29, 0.717) is 17.1 Å². The summed E-state index contributed by atoms with van der Waals surface area (Å²) in [6, 6.07) is 8.42. The van der Waals surface area contributed by atoms with E-state index in [4.69, 9.17) is 13.9 Å². The smallest absolute Gasteiger partial charge is 0.232 e. The van der Waals surface area contributed by atoms with E-state index in [1.54, 1.807) is 30.3 Å². The lowest BCUT2D eigenvalue weighted by Gasteiger charge is -2.10. The monoisotopic (exact) mass is 232 g/mol. The van der Waals surface area contributed by atoms with Crippen LogP contribution in [0.5, 0.6) is 11.5 Å². The highest BCUT2D eigenvalue weighted by atomic mass is 16.5. The average Bonchev–Trinajstić information content (AvgIpc) is 2.90. The number of rotatable bonds is 4. The number of ether oxygens (including phenoxy) is 2. The Hall–Kier alpha value is -2.23. The van der Waals surface area contributed by atoms with Crippen LogP contribution in [0.25, 0.3) is 0 Å². The fourth-order valence-corrected chi connectivity index (χ4v) is 1.61. The van der Waals surface area contributed by atoms with Gasteiger partial charge in [0.2, 0.25) is 5.78 Å². The summed E-state index contributed by atoms with van der Waals surface area (Å²) in [5.41, 5.74) is 0.418. The lowest BCUT2D eigenvalue weighted by molar-refractivity contribution is 0.101. The molecule has 1 aromatic carbocycles. The third kappa shape index (κ3) is 2.01. The van der Waals surface area contributed by atoms with Crippen molar-refractivity contribution in [3.8, 4) is 11.5 Å². The molecular weight excluding hydrogens is 220 g/mol. The molecule has 0 bridgehead atoms. The van der Waals surface area contributed by atoms with Crippen LogP contribution in [0.15, 0.2) is 41.0 Å². The lowest BCUT2D eigenvalue weighted by Crippen LogP contribution is -2.04. The second kappa shape index (κ2) is 4.74. The molecule has 2 aromatic rings. The first-order valence-electron chi connectivity index (χ1n) is 5.07. The van der Waals surface area contributed by atoms with E-state index in [1.807, 2.05) is 0 Å². The summed E-state index contributed by atoms with van der Waals surface area (Å²) in [4.78, 5) is 12.1. The molecule has 2 rings (SSSR count). The molecule has 0 fully saturated rings. The number of carbonyl (C=O) groups excluding carboxylic acids is 1. The predicted octanol–water partition coefficient (Wildman–Crippen LogP) is 2.53. The van der Waals surface area contributed by atoms with Crippen molar-refractivity contribution in [1.82, 2.24) is 0 Å². The topological polar surface area (TPSA) is 48.7 Å². The van der Waals surface area contributed by atoms with Gasteiger partial charge in [-0.25, -0.2) is 0 Å². The largest absolute Gasteiger partial charge is 0.493 e. The van der Waals surface area contributed by atoms with Gasteiger partial charge in [-0.1, -0.05) is 6.07 Å². The van der Waals surface area contributed by atoms with Gasteiger partial charge in [0, 0.05) is 0 Å². The number of ketones is 1. The van der Waals surface area contributed by atoms with Crippen LogP contribution in [0.3, 0.4) is 0 Å². The van der Waals surface area contributed by atoms with Crippen LogP contribution in [-0.2, 0) is 0 Å². The number of benzene rings is 1. The summed E-state index contributed by atoms with van der Waals surface area (Å²) in [7, 11) is 3.02. The van der Waals surface area contributed by atoms with E-state index in [1.165, 1.54) is 20.5 Å². The van der Waals surface area contributed by atoms with E-state index < -0.39 is 0 Å². The Balaban J connectivity index is 2.48. The van der Waals surface area contributed by atoms with Crippen LogP contribution in [0.1, 0.15) is 16.1 Å². The van der Waals surface area contributed by atoms with Gasteiger partial charge in [0.05, 0.1) is 26.0 Å². The maximum absolute atomic E-state index is 12.1. The molecule has 0 aliphatic rings. The minimum Gasteiger partial charge on any atom is -0.493 e. The van der Waals surface area contributed by atoms with Crippen LogP contribution in [-0.4, -0.2) is 20.0 Å². The van der Waals surface area contributed by atoms with Crippen molar-refractivity contribution in [2.24, 2.45) is 0 Å². The molecule has 88 valence electrons. The molecule has 0 saturated heterocycles. The molecule has 0 amide bonds. The van der Waals surface area contributed by atoms with E-state index in [9.17, 15) is 4.79 Å². The van der Waals surface area contributed by atoms with E-state index in [2.05, 4.69) is 0 Å². The second-order valence-corrected chi connectivity index (χ2v) is 3.35. The van der Waals surface area contributed by atoms with E-state index in [0.717, 1.165) is 0 Å². The SMILES string of the molecule is COc1cccc(C(=O)c2ccco2)c1OC. The van der Waals surface area contributed by atoms with Crippen molar-refractivity contribution >= 4 is 5.78 Å². The third-order valence-corrected chi connectivity index (χ3v) is 2.39. The van der Waals surface area contributed by atoms with Gasteiger partial charge in [0.15, 0.2) is 17.3 Å². The summed E-state index contributed by atoms with van der Waals surface area (Å²) in [5, 5.41) is 0. The number of carbonyl (C=O) groups is 1. The van der Waals surface area contributed by atoms with Crippen LogP contribution in [0, 0.1) is 0 Å². The number of furan rings is 1. The lowest BCUT2D eigenvalue weighted by atomic mass is 10.1. The zero-order valence-electron chi connectivity index (χ0n) is 9.60. The van der Waals surface area contributed by atoms with Crippen LogP contribution in [0.2, 0.25) is 0 Å². The normalized spacial score (nSPS) is 10.0. The standard InChI is InChI=1S/C13H12O4/c1-15-11-6-3-5-9(13(11)16-2)12(14)10-7-4-8-17-10/h3-8H,1-2H3. The third-order valence-electron chi connectivity index (χ3n) is 2.39. The molecule has 0 aliphatic carbocycles. The second-order valence-electron chi connectivity index (χ2n) is 3.35. The van der Waals surface area contributed by atoms with Crippen molar-refractivity contribution in [2.45, 2.75) is 0 Å². The van der Waals surface area contributed by atoms with Crippen molar-refractivity contribution in [3.05, 3.63) is 47.9 Å². The van der Waals surface area contributed by atoms with Crippen LogP contribution < -0.4 is 9.47 Å². The van der Waals surface area contributed by atoms with Gasteiger partial charge < -0.3 is 13.9 Å². The van der Waals surface area contributed by atoms with E-state index in [-0.39, 0.29) is 11.5 Å². The molecular formula is C13H12O4. The summed E-state index contributed by atoms with van der Waals surface area (Å²) < 4.78 is 15.4. The molecule has 0 aliphatic heterocycles. The van der Waals surface area contributed by atoms with Gasteiger partial charge in [-0.2, -0.15) is 0 Å². The Labute approximate surface area is 98.8 Å². The maximum atomic E-state index is 12.1.